The van der Waals surface area contributed by atoms with Crippen molar-refractivity contribution in [1.29, 1.82) is 0 Å². The Kier molecular flexibility index (Phi) is 5.13. The van der Waals surface area contributed by atoms with Crippen molar-refractivity contribution in [3.8, 4) is 0 Å². The molecule has 0 aromatic heterocycles. The van der Waals surface area contributed by atoms with Gasteiger partial charge in [-0.25, -0.2) is 0 Å². The maximum Gasteiger partial charge on any atom is 0.00277 e. The predicted octanol–water partition coefficient (Wildman–Crippen LogP) is 3.55. The third kappa shape index (κ3) is 3.77. The fourth-order valence-corrected chi connectivity index (χ4v) is 1.37. The van der Waals surface area contributed by atoms with Crippen LogP contribution in [-0.2, 0) is 6.42 Å². The van der Waals surface area contributed by atoms with Crippen molar-refractivity contribution < 1.29 is 0 Å². The molecule has 0 unspecified atom stereocenters. The second kappa shape index (κ2) is 6.67. The number of aryl methyl sites for hydroxylation is 1. The van der Waals surface area contributed by atoms with Gasteiger partial charge in [0.25, 0.3) is 0 Å². The van der Waals surface area contributed by atoms with E-state index in [4.69, 9.17) is 0 Å². The highest BCUT2D eigenvalue weighted by atomic mass is 14.8. The summed E-state index contributed by atoms with van der Waals surface area (Å²) < 4.78 is 0. The van der Waals surface area contributed by atoms with Gasteiger partial charge < -0.3 is 5.32 Å². The number of rotatable bonds is 5. The van der Waals surface area contributed by atoms with Crippen molar-refractivity contribution in [3.63, 3.8) is 0 Å². The van der Waals surface area contributed by atoms with Crippen molar-refractivity contribution >= 4 is 5.57 Å². The molecule has 0 aliphatic carbocycles. The van der Waals surface area contributed by atoms with Crippen LogP contribution in [0.3, 0.4) is 0 Å². The van der Waals surface area contributed by atoms with Crippen LogP contribution < -0.4 is 5.32 Å². The SMILES string of the molecule is C=C(/C=C\C=C/NC)c1ccc(CC)cc1. The fourth-order valence-electron chi connectivity index (χ4n) is 1.37. The maximum absolute atomic E-state index is 4.04. The quantitative estimate of drug-likeness (QED) is 0.737. The molecule has 0 saturated carbocycles. The van der Waals surface area contributed by atoms with Gasteiger partial charge in [-0.1, -0.05) is 49.9 Å². The number of hydrogen-bond acceptors (Lipinski definition) is 1. The molecule has 1 N–H and O–H groups in total. The largest absolute Gasteiger partial charge is 0.394 e. The lowest BCUT2D eigenvalue weighted by Crippen LogP contribution is -1.89. The van der Waals surface area contributed by atoms with Gasteiger partial charge in [0, 0.05) is 7.05 Å². The lowest BCUT2D eigenvalue weighted by Gasteiger charge is -2.01. The highest BCUT2D eigenvalue weighted by Gasteiger charge is 1.94. The van der Waals surface area contributed by atoms with E-state index in [0.29, 0.717) is 0 Å². The van der Waals surface area contributed by atoms with Crippen LogP contribution in [0.1, 0.15) is 18.1 Å². The third-order valence-corrected chi connectivity index (χ3v) is 2.40. The first kappa shape index (κ1) is 12.3. The van der Waals surface area contributed by atoms with Gasteiger partial charge in [0.2, 0.25) is 0 Å². The molecule has 1 aromatic carbocycles. The third-order valence-electron chi connectivity index (χ3n) is 2.40. The van der Waals surface area contributed by atoms with Crippen molar-refractivity contribution in [1.82, 2.24) is 5.32 Å². The minimum atomic E-state index is 1.03. The van der Waals surface area contributed by atoms with Crippen molar-refractivity contribution in [2.75, 3.05) is 7.05 Å². The summed E-state index contributed by atoms with van der Waals surface area (Å²) in [5, 5.41) is 2.93. The summed E-state index contributed by atoms with van der Waals surface area (Å²) in [5.41, 5.74) is 3.56. The molecule has 0 aliphatic rings. The topological polar surface area (TPSA) is 12.0 Å². The summed E-state index contributed by atoms with van der Waals surface area (Å²) in [4.78, 5) is 0. The summed E-state index contributed by atoms with van der Waals surface area (Å²) in [6, 6.07) is 8.54. The average molecular weight is 213 g/mol. The van der Waals surface area contributed by atoms with E-state index in [9.17, 15) is 0 Å². The molecule has 1 rings (SSSR count). The highest BCUT2D eigenvalue weighted by molar-refractivity contribution is 5.72. The van der Waals surface area contributed by atoms with Gasteiger partial charge in [-0.3, -0.25) is 0 Å². The first-order chi connectivity index (χ1) is 7.77. The van der Waals surface area contributed by atoms with E-state index < -0.39 is 0 Å². The van der Waals surface area contributed by atoms with Crippen LogP contribution >= 0.6 is 0 Å². The molecule has 0 radical (unpaired) electrons. The van der Waals surface area contributed by atoms with E-state index in [1.54, 1.807) is 0 Å². The van der Waals surface area contributed by atoms with Crippen LogP contribution in [0.15, 0.2) is 55.3 Å². The Morgan fingerprint density at radius 3 is 2.50 bits per heavy atom. The maximum atomic E-state index is 4.04. The van der Waals surface area contributed by atoms with Gasteiger partial charge in [0.15, 0.2) is 0 Å². The van der Waals surface area contributed by atoms with Crippen LogP contribution in [0.5, 0.6) is 0 Å². The number of hydrogen-bond donors (Lipinski definition) is 1. The summed E-state index contributed by atoms with van der Waals surface area (Å²) >= 11 is 0. The Labute approximate surface area is 98.2 Å². The molecule has 1 heteroatoms. The molecule has 1 nitrogen and oxygen atoms in total. The molecule has 0 fully saturated rings. The molecule has 0 heterocycles. The summed E-state index contributed by atoms with van der Waals surface area (Å²) in [7, 11) is 1.88. The van der Waals surface area contributed by atoms with Crippen LogP contribution in [0.2, 0.25) is 0 Å². The Bertz CT molecular complexity index is 382. The van der Waals surface area contributed by atoms with Crippen LogP contribution in [0.4, 0.5) is 0 Å². The van der Waals surface area contributed by atoms with Gasteiger partial charge >= 0.3 is 0 Å². The van der Waals surface area contributed by atoms with Gasteiger partial charge in [-0.05, 0) is 35.4 Å². The standard InChI is InChI=1S/C15H19N/c1-4-14-8-10-15(11-9-14)13(2)7-5-6-12-16-3/h5-12,16H,2,4H2,1,3H3/b7-5-,12-6-. The average Bonchev–Trinajstić information content (AvgIpc) is 2.34. The first-order valence-corrected chi connectivity index (χ1v) is 5.56. The summed E-state index contributed by atoms with van der Waals surface area (Å²) in [6.07, 6.45) is 8.89. The second-order valence-corrected chi connectivity index (χ2v) is 3.58. The predicted molar refractivity (Wildman–Crippen MR) is 72.2 cm³/mol. The van der Waals surface area contributed by atoms with Gasteiger partial charge in [-0.2, -0.15) is 0 Å². The lowest BCUT2D eigenvalue weighted by molar-refractivity contribution is 1.10. The molecule has 0 saturated heterocycles. The number of benzene rings is 1. The lowest BCUT2D eigenvalue weighted by atomic mass is 10.0. The van der Waals surface area contributed by atoms with Crippen LogP contribution in [0, 0.1) is 0 Å². The Morgan fingerprint density at radius 1 is 1.25 bits per heavy atom. The van der Waals surface area contributed by atoms with Gasteiger partial charge in [-0.15, -0.1) is 0 Å². The molecule has 0 aliphatic heterocycles. The zero-order valence-electron chi connectivity index (χ0n) is 10.0. The molecular weight excluding hydrogens is 194 g/mol. The normalized spacial score (nSPS) is 11.1. The van der Waals surface area contributed by atoms with Crippen molar-refractivity contribution in [2.45, 2.75) is 13.3 Å². The molecule has 1 aromatic rings. The molecule has 0 bridgehead atoms. The smallest absolute Gasteiger partial charge is 0.00277 e. The van der Waals surface area contributed by atoms with Crippen molar-refractivity contribution in [3.05, 3.63) is 66.4 Å². The minimum absolute atomic E-state index is 1.03. The fraction of sp³-hybridized carbons (Fsp3) is 0.200. The minimum Gasteiger partial charge on any atom is -0.394 e. The number of nitrogens with one attached hydrogen (secondary N) is 1. The molecule has 0 amide bonds. The molecule has 16 heavy (non-hydrogen) atoms. The van der Waals surface area contributed by atoms with Gasteiger partial charge in [0.1, 0.15) is 0 Å². The Hall–Kier alpha value is -1.76. The van der Waals surface area contributed by atoms with E-state index >= 15 is 0 Å². The van der Waals surface area contributed by atoms with Crippen molar-refractivity contribution in [2.24, 2.45) is 0 Å². The van der Waals surface area contributed by atoms with E-state index in [2.05, 4.69) is 43.1 Å². The molecule has 84 valence electrons. The molecule has 0 atom stereocenters. The Balaban J connectivity index is 2.66. The summed E-state index contributed by atoms with van der Waals surface area (Å²) in [6.45, 7) is 6.20. The van der Waals surface area contributed by atoms with Crippen LogP contribution in [0.25, 0.3) is 5.57 Å². The van der Waals surface area contributed by atoms with Gasteiger partial charge in [0.05, 0.1) is 0 Å². The Morgan fingerprint density at radius 2 is 1.94 bits per heavy atom. The number of allylic oxidation sites excluding steroid dienone is 4. The summed E-state index contributed by atoms with van der Waals surface area (Å²) in [5.74, 6) is 0. The molecular formula is C15H19N. The molecule has 0 spiro atoms. The highest BCUT2D eigenvalue weighted by Crippen LogP contribution is 2.14. The van der Waals surface area contributed by atoms with Crippen LogP contribution in [-0.4, -0.2) is 7.05 Å². The van der Waals surface area contributed by atoms with E-state index in [1.165, 1.54) is 11.1 Å². The van der Waals surface area contributed by atoms with E-state index in [0.717, 1.165) is 12.0 Å². The van der Waals surface area contributed by atoms with E-state index in [-0.39, 0.29) is 0 Å². The van der Waals surface area contributed by atoms with E-state index in [1.807, 2.05) is 31.5 Å². The first-order valence-electron chi connectivity index (χ1n) is 5.56. The zero-order chi connectivity index (χ0) is 11.8. The monoisotopic (exact) mass is 213 g/mol. The second-order valence-electron chi connectivity index (χ2n) is 3.58. The zero-order valence-corrected chi connectivity index (χ0v) is 10.0.